The van der Waals surface area contributed by atoms with Gasteiger partial charge < -0.3 is 14.6 Å². The van der Waals surface area contributed by atoms with Gasteiger partial charge >= 0.3 is 12.6 Å². The number of halogens is 2. The largest absolute Gasteiger partial charge is 0.506 e. The molecule has 5 nitrogen and oxygen atoms in total. The molecule has 0 heterocycles. The third kappa shape index (κ3) is 4.10. The average molecular weight is 271 g/mol. The van der Waals surface area contributed by atoms with Crippen molar-refractivity contribution in [3.8, 4) is 17.6 Å². The SMILES string of the molecule is CCOC(=O)Cc1cc(C#N)c(O)cc1OC(F)F. The van der Waals surface area contributed by atoms with Crippen LogP contribution in [0, 0.1) is 11.3 Å². The predicted molar refractivity (Wildman–Crippen MR) is 59.8 cm³/mol. The fraction of sp³-hybridized carbons (Fsp3) is 0.333. The Balaban J connectivity index is 3.10. The van der Waals surface area contributed by atoms with Gasteiger partial charge in [0.2, 0.25) is 0 Å². The van der Waals surface area contributed by atoms with Crippen molar-refractivity contribution in [2.75, 3.05) is 6.61 Å². The van der Waals surface area contributed by atoms with Crippen LogP contribution in [0.25, 0.3) is 0 Å². The Morgan fingerprint density at radius 1 is 1.53 bits per heavy atom. The fourth-order valence-corrected chi connectivity index (χ4v) is 1.41. The normalized spacial score (nSPS) is 10.1. The molecule has 0 amide bonds. The molecule has 0 saturated heterocycles. The van der Waals surface area contributed by atoms with Crippen LogP contribution in [0.3, 0.4) is 0 Å². The number of alkyl halides is 2. The first kappa shape index (κ1) is 14.7. The van der Waals surface area contributed by atoms with Crippen LogP contribution >= 0.6 is 0 Å². The Labute approximate surface area is 108 Å². The molecule has 102 valence electrons. The Morgan fingerprint density at radius 3 is 2.74 bits per heavy atom. The van der Waals surface area contributed by atoms with Crippen molar-refractivity contribution in [1.82, 2.24) is 0 Å². The summed E-state index contributed by atoms with van der Waals surface area (Å²) in [5, 5.41) is 18.1. The van der Waals surface area contributed by atoms with E-state index in [1.54, 1.807) is 13.0 Å². The minimum atomic E-state index is -3.10. The molecule has 0 aliphatic carbocycles. The number of phenols is 1. The van der Waals surface area contributed by atoms with E-state index in [-0.39, 0.29) is 29.9 Å². The monoisotopic (exact) mass is 271 g/mol. The smallest absolute Gasteiger partial charge is 0.387 e. The van der Waals surface area contributed by atoms with Gasteiger partial charge in [0.1, 0.15) is 17.6 Å². The summed E-state index contributed by atoms with van der Waals surface area (Å²) >= 11 is 0. The van der Waals surface area contributed by atoms with Gasteiger partial charge in [-0.05, 0) is 13.0 Å². The summed E-state index contributed by atoms with van der Waals surface area (Å²) in [6.45, 7) is -1.35. The van der Waals surface area contributed by atoms with Crippen LogP contribution in [0.5, 0.6) is 11.5 Å². The highest BCUT2D eigenvalue weighted by molar-refractivity contribution is 5.74. The molecule has 1 rings (SSSR count). The van der Waals surface area contributed by atoms with Crippen LogP contribution in [-0.2, 0) is 16.0 Å². The van der Waals surface area contributed by atoms with Gasteiger partial charge in [0.05, 0.1) is 18.6 Å². The van der Waals surface area contributed by atoms with Gasteiger partial charge in [-0.3, -0.25) is 4.79 Å². The van der Waals surface area contributed by atoms with E-state index in [4.69, 9.17) is 5.26 Å². The Morgan fingerprint density at radius 2 is 2.21 bits per heavy atom. The van der Waals surface area contributed by atoms with Gasteiger partial charge in [-0.1, -0.05) is 0 Å². The van der Waals surface area contributed by atoms with Crippen molar-refractivity contribution in [2.45, 2.75) is 20.0 Å². The minimum absolute atomic E-state index is 0.0492. The second-order valence-corrected chi connectivity index (χ2v) is 3.45. The lowest BCUT2D eigenvalue weighted by Crippen LogP contribution is -2.11. The first-order valence-corrected chi connectivity index (χ1v) is 5.34. The van der Waals surface area contributed by atoms with Crippen LogP contribution in [0.4, 0.5) is 8.78 Å². The number of benzene rings is 1. The second kappa shape index (κ2) is 6.54. The molecule has 0 aliphatic heterocycles. The number of hydrogen-bond donors (Lipinski definition) is 1. The maximum atomic E-state index is 12.2. The molecule has 0 radical (unpaired) electrons. The number of ether oxygens (including phenoxy) is 2. The lowest BCUT2D eigenvalue weighted by atomic mass is 10.1. The summed E-state index contributed by atoms with van der Waals surface area (Å²) < 4.78 is 33.3. The molecular formula is C12H11F2NO4. The van der Waals surface area contributed by atoms with Gasteiger partial charge in [0.25, 0.3) is 0 Å². The van der Waals surface area contributed by atoms with E-state index in [9.17, 15) is 18.7 Å². The standard InChI is InChI=1S/C12H11F2NO4/c1-2-18-11(17)4-7-3-8(6-15)9(16)5-10(7)19-12(13)14/h3,5,12,16H,2,4H2,1H3. The van der Waals surface area contributed by atoms with Crippen molar-refractivity contribution in [1.29, 1.82) is 5.26 Å². The Kier molecular flexibility index (Phi) is 5.06. The summed E-state index contributed by atoms with van der Waals surface area (Å²) in [5.41, 5.74) is -0.0889. The Bertz CT molecular complexity index is 511. The Hall–Kier alpha value is -2.36. The van der Waals surface area contributed by atoms with E-state index in [2.05, 4.69) is 9.47 Å². The first-order chi connectivity index (χ1) is 8.97. The molecule has 0 unspecified atom stereocenters. The molecule has 1 aromatic carbocycles. The van der Waals surface area contributed by atoms with Crippen LogP contribution in [0.1, 0.15) is 18.1 Å². The zero-order valence-corrected chi connectivity index (χ0v) is 10.0. The molecule has 0 atom stereocenters. The molecule has 0 saturated carbocycles. The average Bonchev–Trinajstić information content (AvgIpc) is 2.32. The zero-order chi connectivity index (χ0) is 14.4. The summed E-state index contributed by atoms with van der Waals surface area (Å²) in [6.07, 6.45) is -0.329. The summed E-state index contributed by atoms with van der Waals surface area (Å²) in [6, 6.07) is 3.67. The van der Waals surface area contributed by atoms with E-state index in [0.717, 1.165) is 12.1 Å². The van der Waals surface area contributed by atoms with E-state index >= 15 is 0 Å². The van der Waals surface area contributed by atoms with Gasteiger partial charge in [0.15, 0.2) is 0 Å². The molecule has 1 aromatic rings. The molecule has 7 heteroatoms. The molecule has 0 bridgehead atoms. The third-order valence-corrected chi connectivity index (χ3v) is 2.16. The molecular weight excluding hydrogens is 260 g/mol. The van der Waals surface area contributed by atoms with Crippen molar-refractivity contribution < 1.29 is 28.2 Å². The minimum Gasteiger partial charge on any atom is -0.506 e. The molecule has 19 heavy (non-hydrogen) atoms. The van der Waals surface area contributed by atoms with Gasteiger partial charge in [-0.15, -0.1) is 0 Å². The topological polar surface area (TPSA) is 79.6 Å². The van der Waals surface area contributed by atoms with Gasteiger partial charge in [0, 0.05) is 11.6 Å². The zero-order valence-electron chi connectivity index (χ0n) is 10.0. The molecule has 0 aromatic heterocycles. The van der Waals surface area contributed by atoms with E-state index in [1.165, 1.54) is 0 Å². The summed E-state index contributed by atoms with van der Waals surface area (Å²) in [7, 11) is 0. The highest BCUT2D eigenvalue weighted by Crippen LogP contribution is 2.29. The number of carbonyl (C=O) groups is 1. The van der Waals surface area contributed by atoms with E-state index < -0.39 is 18.3 Å². The fourth-order valence-electron chi connectivity index (χ4n) is 1.41. The lowest BCUT2D eigenvalue weighted by molar-refractivity contribution is -0.142. The van der Waals surface area contributed by atoms with Crippen molar-refractivity contribution in [2.24, 2.45) is 0 Å². The predicted octanol–water partition coefficient (Wildman–Crippen LogP) is 1.97. The number of phenolic OH excluding ortho intramolecular Hbond substituents is 1. The highest BCUT2D eigenvalue weighted by atomic mass is 19.3. The number of nitriles is 1. The van der Waals surface area contributed by atoms with Gasteiger partial charge in [-0.2, -0.15) is 14.0 Å². The van der Waals surface area contributed by atoms with Crippen LogP contribution in [0.2, 0.25) is 0 Å². The number of carbonyl (C=O) groups excluding carboxylic acids is 1. The van der Waals surface area contributed by atoms with Crippen molar-refractivity contribution in [3.63, 3.8) is 0 Å². The van der Waals surface area contributed by atoms with Crippen LogP contribution < -0.4 is 4.74 Å². The maximum absolute atomic E-state index is 12.2. The third-order valence-electron chi connectivity index (χ3n) is 2.16. The number of esters is 1. The van der Waals surface area contributed by atoms with Crippen molar-refractivity contribution >= 4 is 5.97 Å². The summed E-state index contributed by atoms with van der Waals surface area (Å²) in [4.78, 5) is 11.3. The van der Waals surface area contributed by atoms with Crippen molar-refractivity contribution in [3.05, 3.63) is 23.3 Å². The first-order valence-electron chi connectivity index (χ1n) is 5.34. The highest BCUT2D eigenvalue weighted by Gasteiger charge is 2.17. The van der Waals surface area contributed by atoms with Crippen LogP contribution in [0.15, 0.2) is 12.1 Å². The number of hydrogen-bond acceptors (Lipinski definition) is 5. The molecule has 0 fully saturated rings. The molecule has 0 spiro atoms. The summed E-state index contributed by atoms with van der Waals surface area (Å²) in [5.74, 6) is -1.50. The van der Waals surface area contributed by atoms with Crippen LogP contribution in [-0.4, -0.2) is 24.3 Å². The number of nitrogens with zero attached hydrogens (tertiary/aromatic N) is 1. The van der Waals surface area contributed by atoms with E-state index in [0.29, 0.717) is 0 Å². The maximum Gasteiger partial charge on any atom is 0.387 e. The second-order valence-electron chi connectivity index (χ2n) is 3.45. The number of rotatable bonds is 5. The number of aromatic hydroxyl groups is 1. The lowest BCUT2D eigenvalue weighted by Gasteiger charge is -2.11. The quantitative estimate of drug-likeness (QED) is 0.828. The molecule has 1 N–H and O–H groups in total. The molecule has 0 aliphatic rings. The van der Waals surface area contributed by atoms with E-state index in [1.807, 2.05) is 0 Å². The van der Waals surface area contributed by atoms with Gasteiger partial charge in [-0.25, -0.2) is 0 Å².